The van der Waals surface area contributed by atoms with Crippen molar-refractivity contribution < 1.29 is 14.7 Å². The van der Waals surface area contributed by atoms with Crippen LogP contribution >= 0.6 is 11.3 Å². The molecule has 0 aliphatic heterocycles. The number of nitrogens with one attached hydrogen (secondary N) is 1. The first-order valence-corrected chi connectivity index (χ1v) is 7.21. The first-order valence-electron chi connectivity index (χ1n) is 6.33. The van der Waals surface area contributed by atoms with E-state index < -0.39 is 5.97 Å². The number of carbonyl (C=O) groups is 2. The normalized spacial score (nSPS) is 10.7. The molecule has 0 aliphatic rings. The highest BCUT2D eigenvalue weighted by Gasteiger charge is 2.05. The van der Waals surface area contributed by atoms with Crippen LogP contribution in [0.1, 0.15) is 21.7 Å². The summed E-state index contributed by atoms with van der Waals surface area (Å²) >= 11 is 1.60. The Hall–Kier alpha value is -2.47. The number of carboxylic acids is 1. The van der Waals surface area contributed by atoms with Gasteiger partial charge in [0.25, 0.3) is 5.91 Å². The smallest absolute Gasteiger partial charge is 0.305 e. The van der Waals surface area contributed by atoms with E-state index in [1.54, 1.807) is 41.8 Å². The van der Waals surface area contributed by atoms with E-state index in [0.29, 0.717) is 5.56 Å². The van der Waals surface area contributed by atoms with E-state index in [9.17, 15) is 9.59 Å². The van der Waals surface area contributed by atoms with Crippen molar-refractivity contribution in [3.8, 4) is 0 Å². The Morgan fingerprint density at radius 2 is 2.00 bits per heavy atom. The van der Waals surface area contributed by atoms with E-state index in [-0.39, 0.29) is 18.9 Å². The van der Waals surface area contributed by atoms with Crippen LogP contribution in [0, 0.1) is 0 Å². The van der Waals surface area contributed by atoms with Crippen LogP contribution in [0.5, 0.6) is 0 Å². The topological polar surface area (TPSA) is 78.8 Å². The molecular weight excluding hydrogens is 288 g/mol. The van der Waals surface area contributed by atoms with Crippen LogP contribution in [0.3, 0.4) is 0 Å². The van der Waals surface area contributed by atoms with Crippen molar-refractivity contribution in [3.05, 3.63) is 52.2 Å². The average Bonchev–Trinajstić information content (AvgIpc) is 2.98. The number of benzene rings is 1. The van der Waals surface area contributed by atoms with Gasteiger partial charge in [-0.25, -0.2) is 0 Å². The second kappa shape index (κ2) is 7.35. The molecule has 1 amide bonds. The minimum Gasteiger partial charge on any atom is -0.481 e. The Labute approximate surface area is 126 Å². The van der Waals surface area contributed by atoms with Crippen molar-refractivity contribution in [2.24, 2.45) is 4.99 Å². The van der Waals surface area contributed by atoms with Gasteiger partial charge in [-0.3, -0.25) is 14.6 Å². The summed E-state index contributed by atoms with van der Waals surface area (Å²) in [4.78, 5) is 27.5. The van der Waals surface area contributed by atoms with Gasteiger partial charge in [0.15, 0.2) is 0 Å². The summed E-state index contributed by atoms with van der Waals surface area (Å²) in [5.41, 5.74) is 1.24. The minimum absolute atomic E-state index is 0.0884. The van der Waals surface area contributed by atoms with Crippen LogP contribution in [0.15, 0.2) is 46.8 Å². The maximum atomic E-state index is 11.7. The van der Waals surface area contributed by atoms with Crippen LogP contribution in [-0.4, -0.2) is 29.7 Å². The van der Waals surface area contributed by atoms with Gasteiger partial charge in [0.2, 0.25) is 0 Å². The number of rotatable bonds is 6. The highest BCUT2D eigenvalue weighted by atomic mass is 32.1. The number of nitrogens with zero attached hydrogens (tertiary/aromatic N) is 1. The van der Waals surface area contributed by atoms with Gasteiger partial charge in [0, 0.05) is 23.2 Å². The molecule has 0 radical (unpaired) electrons. The first-order chi connectivity index (χ1) is 10.1. The molecule has 0 saturated heterocycles. The highest BCUT2D eigenvalue weighted by Crippen LogP contribution is 2.14. The molecule has 1 aromatic carbocycles. The minimum atomic E-state index is -0.937. The Morgan fingerprint density at radius 3 is 2.62 bits per heavy atom. The third-order valence-electron chi connectivity index (χ3n) is 2.64. The summed E-state index contributed by atoms with van der Waals surface area (Å²) in [7, 11) is 0. The summed E-state index contributed by atoms with van der Waals surface area (Å²) in [5.74, 6) is -1.22. The molecule has 0 saturated carbocycles. The summed E-state index contributed by atoms with van der Waals surface area (Å²) < 4.78 is 0. The SMILES string of the molecule is O=C(O)CCNC(=O)c1ccc(N=Cc2cccs2)cc1. The highest BCUT2D eigenvalue weighted by molar-refractivity contribution is 7.11. The van der Waals surface area contributed by atoms with Gasteiger partial charge in [-0.15, -0.1) is 11.3 Å². The zero-order valence-corrected chi connectivity index (χ0v) is 12.0. The first kappa shape index (κ1) is 14.9. The lowest BCUT2D eigenvalue weighted by atomic mass is 10.2. The fourth-order valence-corrected chi connectivity index (χ4v) is 2.17. The van der Waals surface area contributed by atoms with Gasteiger partial charge in [-0.2, -0.15) is 0 Å². The molecule has 2 aromatic rings. The number of hydrogen-bond donors (Lipinski definition) is 2. The van der Waals surface area contributed by atoms with Gasteiger partial charge in [-0.05, 0) is 35.7 Å². The second-order valence-corrected chi connectivity index (χ2v) is 5.20. The second-order valence-electron chi connectivity index (χ2n) is 4.22. The van der Waals surface area contributed by atoms with Crippen LogP contribution in [0.2, 0.25) is 0 Å². The van der Waals surface area contributed by atoms with E-state index in [1.807, 2.05) is 17.5 Å². The van der Waals surface area contributed by atoms with E-state index >= 15 is 0 Å². The molecule has 6 heteroatoms. The Morgan fingerprint density at radius 1 is 1.24 bits per heavy atom. The number of amides is 1. The standard InChI is InChI=1S/C15H14N2O3S/c18-14(19)7-8-16-15(20)11-3-5-12(6-4-11)17-10-13-2-1-9-21-13/h1-6,9-10H,7-8H2,(H,16,20)(H,18,19). The lowest BCUT2D eigenvalue weighted by Gasteiger charge is -2.03. The van der Waals surface area contributed by atoms with Crippen molar-refractivity contribution in [2.45, 2.75) is 6.42 Å². The molecule has 2 rings (SSSR count). The Balaban J connectivity index is 1.92. The van der Waals surface area contributed by atoms with E-state index in [1.165, 1.54) is 0 Å². The molecule has 0 spiro atoms. The predicted molar refractivity (Wildman–Crippen MR) is 82.6 cm³/mol. The largest absolute Gasteiger partial charge is 0.481 e. The molecule has 21 heavy (non-hydrogen) atoms. The molecule has 1 heterocycles. The summed E-state index contributed by atoms with van der Waals surface area (Å²) in [6, 6.07) is 10.7. The summed E-state index contributed by atoms with van der Waals surface area (Å²) in [6.07, 6.45) is 1.68. The fraction of sp³-hybridized carbons (Fsp3) is 0.133. The van der Waals surface area contributed by atoms with Gasteiger partial charge in [0.05, 0.1) is 12.1 Å². The number of carbonyl (C=O) groups excluding carboxylic acids is 1. The molecule has 0 fully saturated rings. The number of aliphatic carboxylic acids is 1. The van der Waals surface area contributed by atoms with Crippen molar-refractivity contribution >= 4 is 35.1 Å². The monoisotopic (exact) mass is 302 g/mol. The van der Waals surface area contributed by atoms with Crippen molar-refractivity contribution in [3.63, 3.8) is 0 Å². The number of thiophene rings is 1. The molecule has 1 aromatic heterocycles. The fourth-order valence-electron chi connectivity index (χ4n) is 1.59. The molecular formula is C15H14N2O3S. The molecule has 108 valence electrons. The van der Waals surface area contributed by atoms with E-state index in [0.717, 1.165) is 10.6 Å². The van der Waals surface area contributed by atoms with Crippen LogP contribution in [0.25, 0.3) is 0 Å². The quantitative estimate of drug-likeness (QED) is 0.805. The number of hydrogen-bond acceptors (Lipinski definition) is 4. The maximum Gasteiger partial charge on any atom is 0.305 e. The zero-order valence-electron chi connectivity index (χ0n) is 11.2. The number of carboxylic acid groups (broad SMARTS) is 1. The number of aliphatic imine (C=N–C) groups is 1. The van der Waals surface area contributed by atoms with Gasteiger partial charge in [-0.1, -0.05) is 6.07 Å². The predicted octanol–water partition coefficient (Wildman–Crippen LogP) is 2.70. The third-order valence-corrected chi connectivity index (χ3v) is 3.44. The van der Waals surface area contributed by atoms with E-state index in [4.69, 9.17) is 5.11 Å². The molecule has 0 bridgehead atoms. The molecule has 0 aliphatic carbocycles. The van der Waals surface area contributed by atoms with E-state index in [2.05, 4.69) is 10.3 Å². The van der Waals surface area contributed by atoms with Gasteiger partial charge < -0.3 is 10.4 Å². The van der Waals surface area contributed by atoms with Crippen LogP contribution in [-0.2, 0) is 4.79 Å². The van der Waals surface area contributed by atoms with Crippen molar-refractivity contribution in [1.29, 1.82) is 0 Å². The summed E-state index contributed by atoms with van der Waals surface area (Å²) in [6.45, 7) is 0.118. The molecule has 5 nitrogen and oxygen atoms in total. The summed E-state index contributed by atoms with van der Waals surface area (Å²) in [5, 5.41) is 13.0. The lowest BCUT2D eigenvalue weighted by Crippen LogP contribution is -2.25. The molecule has 0 atom stereocenters. The van der Waals surface area contributed by atoms with Crippen molar-refractivity contribution in [2.75, 3.05) is 6.54 Å². The van der Waals surface area contributed by atoms with Crippen molar-refractivity contribution in [1.82, 2.24) is 5.32 Å². The Bertz CT molecular complexity index is 633. The lowest BCUT2D eigenvalue weighted by molar-refractivity contribution is -0.136. The van der Waals surface area contributed by atoms with Gasteiger partial charge in [0.1, 0.15) is 0 Å². The zero-order chi connectivity index (χ0) is 15.1. The third kappa shape index (κ3) is 4.85. The van der Waals surface area contributed by atoms with Crippen LogP contribution < -0.4 is 5.32 Å². The molecule has 2 N–H and O–H groups in total. The van der Waals surface area contributed by atoms with Gasteiger partial charge >= 0.3 is 5.97 Å². The average molecular weight is 302 g/mol. The molecule has 0 unspecified atom stereocenters. The van der Waals surface area contributed by atoms with Crippen LogP contribution in [0.4, 0.5) is 5.69 Å². The maximum absolute atomic E-state index is 11.7. The Kier molecular flexibility index (Phi) is 5.22.